The lowest BCUT2D eigenvalue weighted by atomic mass is 10.3. The fourth-order valence-electron chi connectivity index (χ4n) is 2.52. The molecule has 3 aromatic rings. The average molecular weight is 404 g/mol. The van der Waals surface area contributed by atoms with Gasteiger partial charge in [0, 0.05) is 30.4 Å². The van der Waals surface area contributed by atoms with Crippen LogP contribution in [-0.2, 0) is 21.2 Å². The van der Waals surface area contributed by atoms with Crippen LogP contribution in [0, 0.1) is 0 Å². The molecule has 0 aliphatic carbocycles. The molecular weight excluding hydrogens is 386 g/mol. The second-order valence-electron chi connectivity index (χ2n) is 6.09. The first kappa shape index (κ1) is 19.1. The number of halogens is 1. The van der Waals surface area contributed by atoms with E-state index >= 15 is 0 Å². The summed E-state index contributed by atoms with van der Waals surface area (Å²) in [6.07, 6.45) is 3.47. The third-order valence-corrected chi connectivity index (χ3v) is 5.86. The summed E-state index contributed by atoms with van der Waals surface area (Å²) in [6, 6.07) is 15.4. The van der Waals surface area contributed by atoms with Crippen LogP contribution in [0.15, 0.2) is 71.9 Å². The van der Waals surface area contributed by atoms with E-state index in [1.165, 1.54) is 29.2 Å². The normalized spacial score (nSPS) is 11.3. The van der Waals surface area contributed by atoms with Crippen LogP contribution in [0.3, 0.4) is 0 Å². The Morgan fingerprint density at radius 1 is 1.11 bits per heavy atom. The minimum absolute atomic E-state index is 0.0746. The van der Waals surface area contributed by atoms with Crippen molar-refractivity contribution in [3.8, 4) is 5.69 Å². The molecule has 1 heterocycles. The Hall–Kier alpha value is -2.64. The van der Waals surface area contributed by atoms with E-state index in [-0.39, 0.29) is 11.4 Å². The predicted octanol–water partition coefficient (Wildman–Crippen LogP) is 2.96. The van der Waals surface area contributed by atoms with Gasteiger partial charge >= 0.3 is 0 Å². The molecule has 6 nitrogen and oxygen atoms in total. The second kappa shape index (κ2) is 7.94. The molecule has 0 spiro atoms. The average Bonchev–Trinajstić information content (AvgIpc) is 3.11. The highest BCUT2D eigenvalue weighted by Gasteiger charge is 2.22. The molecule has 0 radical (unpaired) electrons. The Kier molecular flexibility index (Phi) is 5.62. The molecule has 8 heteroatoms. The summed E-state index contributed by atoms with van der Waals surface area (Å²) < 4.78 is 26.5. The highest BCUT2D eigenvalue weighted by Crippen LogP contribution is 2.16. The van der Waals surface area contributed by atoms with Gasteiger partial charge in [-0.3, -0.25) is 4.79 Å². The number of hydrogen-bond acceptors (Lipinski definition) is 4. The van der Waals surface area contributed by atoms with Gasteiger partial charge < -0.3 is 4.90 Å². The van der Waals surface area contributed by atoms with E-state index in [9.17, 15) is 13.2 Å². The summed E-state index contributed by atoms with van der Waals surface area (Å²) in [4.78, 5) is 13.8. The van der Waals surface area contributed by atoms with Crippen LogP contribution in [0.2, 0.25) is 5.02 Å². The Balaban J connectivity index is 1.66. The molecule has 0 aliphatic heterocycles. The Labute approximate surface area is 162 Å². The second-order valence-corrected chi connectivity index (χ2v) is 8.52. The van der Waals surface area contributed by atoms with Crippen LogP contribution in [0.4, 0.5) is 0 Å². The van der Waals surface area contributed by atoms with Gasteiger partial charge in [-0.1, -0.05) is 29.8 Å². The molecule has 0 fully saturated rings. The van der Waals surface area contributed by atoms with Crippen molar-refractivity contribution in [2.45, 2.75) is 11.4 Å². The van der Waals surface area contributed by atoms with E-state index in [4.69, 9.17) is 11.6 Å². The van der Waals surface area contributed by atoms with Gasteiger partial charge in [-0.2, -0.15) is 5.10 Å². The predicted molar refractivity (Wildman–Crippen MR) is 104 cm³/mol. The molecular formula is C19H18ClN3O3S. The van der Waals surface area contributed by atoms with Gasteiger partial charge in [-0.25, -0.2) is 13.1 Å². The first-order valence-corrected chi connectivity index (χ1v) is 10.2. The summed E-state index contributed by atoms with van der Waals surface area (Å²) in [5.74, 6) is -1.09. The molecule has 0 saturated carbocycles. The van der Waals surface area contributed by atoms with E-state index < -0.39 is 21.5 Å². The highest BCUT2D eigenvalue weighted by atomic mass is 35.5. The summed E-state index contributed by atoms with van der Waals surface area (Å²) in [5.41, 5.74) is 1.71. The van der Waals surface area contributed by atoms with Crippen LogP contribution >= 0.6 is 11.6 Å². The van der Waals surface area contributed by atoms with Crippen LogP contribution in [0.25, 0.3) is 5.69 Å². The fourth-order valence-corrected chi connectivity index (χ4v) is 3.91. The van der Waals surface area contributed by atoms with Gasteiger partial charge in [0.25, 0.3) is 0 Å². The fraction of sp³-hybridized carbons (Fsp3) is 0.158. The summed E-state index contributed by atoms with van der Waals surface area (Å²) in [5, 5.41) is 4.71. The van der Waals surface area contributed by atoms with Gasteiger partial charge in [-0.15, -0.1) is 0 Å². The van der Waals surface area contributed by atoms with Gasteiger partial charge in [0.05, 0.1) is 16.8 Å². The third-order valence-electron chi connectivity index (χ3n) is 3.99. The van der Waals surface area contributed by atoms with Crippen molar-refractivity contribution in [3.05, 3.63) is 77.6 Å². The molecule has 1 amide bonds. The van der Waals surface area contributed by atoms with Crippen molar-refractivity contribution in [2.24, 2.45) is 0 Å². The number of rotatable bonds is 6. The summed E-state index contributed by atoms with van der Waals surface area (Å²) in [7, 11) is -2.15. The number of carbonyl (C=O) groups excluding carboxylic acids is 1. The van der Waals surface area contributed by atoms with Crippen molar-refractivity contribution in [2.75, 3.05) is 12.8 Å². The maximum atomic E-state index is 12.4. The first-order valence-electron chi connectivity index (χ1n) is 8.16. The van der Waals surface area contributed by atoms with Crippen LogP contribution < -0.4 is 0 Å². The van der Waals surface area contributed by atoms with Crippen molar-refractivity contribution in [1.29, 1.82) is 0 Å². The number of hydrogen-bond donors (Lipinski definition) is 0. The zero-order valence-electron chi connectivity index (χ0n) is 14.6. The van der Waals surface area contributed by atoms with Crippen molar-refractivity contribution in [1.82, 2.24) is 14.7 Å². The van der Waals surface area contributed by atoms with Crippen LogP contribution in [-0.4, -0.2) is 41.8 Å². The van der Waals surface area contributed by atoms with E-state index in [1.807, 2.05) is 36.5 Å². The minimum Gasteiger partial charge on any atom is -0.340 e. The molecule has 0 saturated heterocycles. The molecule has 3 rings (SSSR count). The Bertz CT molecular complexity index is 1030. The molecule has 1 aromatic heterocycles. The van der Waals surface area contributed by atoms with Crippen LogP contribution in [0.5, 0.6) is 0 Å². The zero-order chi connectivity index (χ0) is 19.4. The Morgan fingerprint density at radius 2 is 1.78 bits per heavy atom. The van der Waals surface area contributed by atoms with Crippen LogP contribution in [0.1, 0.15) is 5.56 Å². The summed E-state index contributed by atoms with van der Waals surface area (Å²) in [6.45, 7) is 0.266. The number of para-hydroxylation sites is 1. The van der Waals surface area contributed by atoms with Crippen molar-refractivity contribution >= 4 is 27.3 Å². The Morgan fingerprint density at radius 3 is 2.44 bits per heavy atom. The number of benzene rings is 2. The number of sulfone groups is 1. The molecule has 0 atom stereocenters. The van der Waals surface area contributed by atoms with E-state index in [0.29, 0.717) is 5.02 Å². The topological polar surface area (TPSA) is 72.3 Å². The van der Waals surface area contributed by atoms with Crippen molar-refractivity contribution < 1.29 is 13.2 Å². The largest absolute Gasteiger partial charge is 0.340 e. The lowest BCUT2D eigenvalue weighted by molar-refractivity contribution is -0.127. The molecule has 0 N–H and O–H groups in total. The summed E-state index contributed by atoms with van der Waals surface area (Å²) >= 11 is 5.78. The smallest absolute Gasteiger partial charge is 0.238 e. The molecule has 140 valence electrons. The van der Waals surface area contributed by atoms with Gasteiger partial charge in [0.1, 0.15) is 5.75 Å². The molecule has 0 unspecified atom stereocenters. The van der Waals surface area contributed by atoms with Gasteiger partial charge in [0.15, 0.2) is 9.84 Å². The SMILES string of the molecule is CN(Cc1cnn(-c2ccccc2)c1)C(=O)CS(=O)(=O)c1ccc(Cl)cc1. The first-order chi connectivity index (χ1) is 12.8. The number of carbonyl (C=O) groups is 1. The zero-order valence-corrected chi connectivity index (χ0v) is 16.2. The monoisotopic (exact) mass is 403 g/mol. The number of nitrogens with zero attached hydrogens (tertiary/aromatic N) is 3. The lowest BCUT2D eigenvalue weighted by Gasteiger charge is -2.16. The number of aromatic nitrogens is 2. The minimum atomic E-state index is -3.72. The maximum absolute atomic E-state index is 12.4. The molecule has 0 bridgehead atoms. The third kappa shape index (κ3) is 4.75. The van der Waals surface area contributed by atoms with Gasteiger partial charge in [0.2, 0.25) is 5.91 Å². The maximum Gasteiger partial charge on any atom is 0.238 e. The standard InChI is InChI=1S/C19H18ClN3O3S/c1-22(12-15-11-21-23(13-15)17-5-3-2-4-6-17)19(24)14-27(25,26)18-9-7-16(20)8-10-18/h2-11,13H,12,14H2,1H3. The number of amides is 1. The van der Waals surface area contributed by atoms with Crippen molar-refractivity contribution in [3.63, 3.8) is 0 Å². The highest BCUT2D eigenvalue weighted by molar-refractivity contribution is 7.92. The van der Waals surface area contributed by atoms with E-state index in [2.05, 4.69) is 5.10 Å². The molecule has 27 heavy (non-hydrogen) atoms. The van der Waals surface area contributed by atoms with Gasteiger partial charge in [-0.05, 0) is 36.4 Å². The quantitative estimate of drug-likeness (QED) is 0.634. The van der Waals surface area contributed by atoms with E-state index in [0.717, 1.165) is 11.3 Å². The molecule has 2 aromatic carbocycles. The molecule has 0 aliphatic rings. The van der Waals surface area contributed by atoms with E-state index in [1.54, 1.807) is 17.9 Å². The lowest BCUT2D eigenvalue weighted by Crippen LogP contribution is -2.32.